The standard InChI is InChI=1S/C23H27N7O2/c1-32-20-10-9-15(12-26-20)14-5-4-6-16(11-14)28-22-17(21(25)31)13-27-23(30-22)29-19-8-3-2-7-18(19)24/h4-6,9-13,18-19H,2-3,7-8,24H2,1H3,(H2,25,31)(H2,27,28,29,30)/t18-,19+/m0/s1. The van der Waals surface area contributed by atoms with Gasteiger partial charge in [-0.3, -0.25) is 4.79 Å². The van der Waals surface area contributed by atoms with Crippen LogP contribution in [0.3, 0.4) is 0 Å². The molecule has 0 aliphatic heterocycles. The summed E-state index contributed by atoms with van der Waals surface area (Å²) in [6, 6.07) is 11.6. The molecule has 0 saturated heterocycles. The van der Waals surface area contributed by atoms with E-state index in [1.54, 1.807) is 19.4 Å². The predicted molar refractivity (Wildman–Crippen MR) is 124 cm³/mol. The molecule has 3 aromatic rings. The first-order valence-electron chi connectivity index (χ1n) is 10.6. The Balaban J connectivity index is 1.58. The average Bonchev–Trinajstić information content (AvgIpc) is 2.81. The van der Waals surface area contributed by atoms with Crippen molar-refractivity contribution in [1.82, 2.24) is 15.0 Å². The second kappa shape index (κ2) is 9.61. The molecule has 0 radical (unpaired) electrons. The van der Waals surface area contributed by atoms with E-state index in [9.17, 15) is 4.79 Å². The van der Waals surface area contributed by atoms with Gasteiger partial charge in [-0.25, -0.2) is 9.97 Å². The van der Waals surface area contributed by atoms with Gasteiger partial charge in [0.25, 0.3) is 5.91 Å². The summed E-state index contributed by atoms with van der Waals surface area (Å²) in [5, 5.41) is 6.52. The van der Waals surface area contributed by atoms with Gasteiger partial charge in [0.15, 0.2) is 0 Å². The summed E-state index contributed by atoms with van der Waals surface area (Å²) in [6.07, 6.45) is 7.35. The molecular formula is C23H27N7O2. The highest BCUT2D eigenvalue weighted by Gasteiger charge is 2.23. The summed E-state index contributed by atoms with van der Waals surface area (Å²) in [4.78, 5) is 25.0. The molecule has 0 spiro atoms. The number of nitrogens with one attached hydrogen (secondary N) is 2. The van der Waals surface area contributed by atoms with Crippen molar-refractivity contribution < 1.29 is 9.53 Å². The third-order valence-electron chi connectivity index (χ3n) is 5.59. The van der Waals surface area contributed by atoms with Crippen LogP contribution < -0.4 is 26.8 Å². The summed E-state index contributed by atoms with van der Waals surface area (Å²) in [5.74, 6) is 0.691. The van der Waals surface area contributed by atoms with Crippen LogP contribution in [0, 0.1) is 0 Å². The van der Waals surface area contributed by atoms with Crippen LogP contribution in [0.1, 0.15) is 36.0 Å². The molecule has 1 aliphatic rings. The van der Waals surface area contributed by atoms with Crippen LogP contribution in [0.15, 0.2) is 48.8 Å². The van der Waals surface area contributed by atoms with E-state index in [4.69, 9.17) is 16.2 Å². The van der Waals surface area contributed by atoms with E-state index >= 15 is 0 Å². The Kier molecular flexibility index (Phi) is 6.46. The lowest BCUT2D eigenvalue weighted by Gasteiger charge is -2.29. The van der Waals surface area contributed by atoms with Gasteiger partial charge in [0.05, 0.1) is 7.11 Å². The molecule has 0 unspecified atom stereocenters. The van der Waals surface area contributed by atoms with Gasteiger partial charge in [0.2, 0.25) is 11.8 Å². The minimum atomic E-state index is -0.607. The number of aromatic nitrogens is 3. The van der Waals surface area contributed by atoms with Gasteiger partial charge in [0, 0.05) is 41.8 Å². The molecule has 6 N–H and O–H groups in total. The summed E-state index contributed by atoms with van der Waals surface area (Å²) in [7, 11) is 1.58. The molecule has 0 bridgehead atoms. The van der Waals surface area contributed by atoms with Crippen molar-refractivity contribution in [2.45, 2.75) is 37.8 Å². The molecule has 2 atom stereocenters. The van der Waals surface area contributed by atoms with Gasteiger partial charge >= 0.3 is 0 Å². The molecule has 9 nitrogen and oxygen atoms in total. The van der Waals surface area contributed by atoms with Gasteiger partial charge in [-0.05, 0) is 36.6 Å². The van der Waals surface area contributed by atoms with Crippen molar-refractivity contribution in [3.63, 3.8) is 0 Å². The quantitative estimate of drug-likeness (QED) is 0.445. The van der Waals surface area contributed by atoms with Crippen LogP contribution >= 0.6 is 0 Å². The molecule has 1 fully saturated rings. The molecule has 2 aromatic heterocycles. The van der Waals surface area contributed by atoms with Crippen LogP contribution in [0.2, 0.25) is 0 Å². The molecule has 32 heavy (non-hydrogen) atoms. The number of primary amides is 1. The number of ether oxygens (including phenoxy) is 1. The summed E-state index contributed by atoms with van der Waals surface area (Å²) >= 11 is 0. The zero-order valence-corrected chi connectivity index (χ0v) is 17.9. The first-order valence-corrected chi connectivity index (χ1v) is 10.6. The smallest absolute Gasteiger partial charge is 0.254 e. The maximum absolute atomic E-state index is 12.0. The van der Waals surface area contributed by atoms with E-state index in [-0.39, 0.29) is 17.6 Å². The second-order valence-corrected chi connectivity index (χ2v) is 7.81. The van der Waals surface area contributed by atoms with Crippen LogP contribution in [0.4, 0.5) is 17.5 Å². The topological polar surface area (TPSA) is 141 Å². The average molecular weight is 434 g/mol. The summed E-state index contributed by atoms with van der Waals surface area (Å²) in [5.41, 5.74) is 14.6. The Morgan fingerprint density at radius 3 is 2.66 bits per heavy atom. The summed E-state index contributed by atoms with van der Waals surface area (Å²) in [6.45, 7) is 0. The third kappa shape index (κ3) is 4.94. The van der Waals surface area contributed by atoms with Crippen molar-refractivity contribution in [3.8, 4) is 17.0 Å². The minimum Gasteiger partial charge on any atom is -0.481 e. The van der Waals surface area contributed by atoms with Crippen LogP contribution in [0.5, 0.6) is 5.88 Å². The molecular weight excluding hydrogens is 406 g/mol. The lowest BCUT2D eigenvalue weighted by atomic mass is 9.91. The van der Waals surface area contributed by atoms with Gasteiger partial charge in [-0.2, -0.15) is 4.98 Å². The monoisotopic (exact) mass is 433 g/mol. The number of anilines is 3. The van der Waals surface area contributed by atoms with Crippen molar-refractivity contribution in [1.29, 1.82) is 0 Å². The molecule has 1 amide bonds. The molecule has 1 aliphatic carbocycles. The molecule has 4 rings (SSSR count). The van der Waals surface area contributed by atoms with E-state index in [1.807, 2.05) is 30.3 Å². The van der Waals surface area contributed by atoms with Crippen molar-refractivity contribution in [2.24, 2.45) is 11.5 Å². The van der Waals surface area contributed by atoms with E-state index < -0.39 is 5.91 Å². The fraction of sp³-hybridized carbons (Fsp3) is 0.304. The zero-order chi connectivity index (χ0) is 22.5. The SMILES string of the molecule is COc1ccc(-c2cccc(Nc3nc(N[C@@H]4CCCC[C@@H]4N)ncc3C(N)=O)c2)cn1. The first-order chi connectivity index (χ1) is 15.5. The Bertz CT molecular complexity index is 1090. The van der Waals surface area contributed by atoms with Crippen LogP contribution in [-0.4, -0.2) is 40.1 Å². The number of hydrogen-bond donors (Lipinski definition) is 4. The van der Waals surface area contributed by atoms with Crippen LogP contribution in [0.25, 0.3) is 11.1 Å². The number of nitrogens with zero attached hydrogens (tertiary/aromatic N) is 3. The number of pyridine rings is 1. The number of carbonyl (C=O) groups excluding carboxylic acids is 1. The molecule has 9 heteroatoms. The molecule has 1 aromatic carbocycles. The maximum atomic E-state index is 12.0. The zero-order valence-electron chi connectivity index (χ0n) is 17.9. The second-order valence-electron chi connectivity index (χ2n) is 7.81. The molecule has 1 saturated carbocycles. The largest absolute Gasteiger partial charge is 0.481 e. The minimum absolute atomic E-state index is 0.0503. The van der Waals surface area contributed by atoms with Gasteiger partial charge in [0.1, 0.15) is 11.4 Å². The number of benzene rings is 1. The Hall–Kier alpha value is -3.72. The number of hydrogen-bond acceptors (Lipinski definition) is 8. The molecule has 166 valence electrons. The van der Waals surface area contributed by atoms with E-state index in [0.717, 1.165) is 42.5 Å². The van der Waals surface area contributed by atoms with Crippen molar-refractivity contribution in [3.05, 3.63) is 54.4 Å². The number of methoxy groups -OCH3 is 1. The van der Waals surface area contributed by atoms with E-state index in [2.05, 4.69) is 25.6 Å². The lowest BCUT2D eigenvalue weighted by Crippen LogP contribution is -2.43. The summed E-state index contributed by atoms with van der Waals surface area (Å²) < 4.78 is 5.12. The fourth-order valence-corrected chi connectivity index (χ4v) is 3.82. The highest BCUT2D eigenvalue weighted by atomic mass is 16.5. The lowest BCUT2D eigenvalue weighted by molar-refractivity contribution is 0.100. The fourth-order valence-electron chi connectivity index (χ4n) is 3.82. The Labute approximate surface area is 186 Å². The van der Waals surface area contributed by atoms with Crippen molar-refractivity contribution in [2.75, 3.05) is 17.7 Å². The number of rotatable bonds is 7. The molecule has 2 heterocycles. The van der Waals surface area contributed by atoms with Gasteiger partial charge in [-0.1, -0.05) is 25.0 Å². The number of amides is 1. The number of carbonyl (C=O) groups is 1. The first kappa shape index (κ1) is 21.5. The van der Waals surface area contributed by atoms with Gasteiger partial charge in [-0.15, -0.1) is 0 Å². The van der Waals surface area contributed by atoms with Gasteiger partial charge < -0.3 is 26.8 Å². The maximum Gasteiger partial charge on any atom is 0.254 e. The van der Waals surface area contributed by atoms with E-state index in [1.165, 1.54) is 6.20 Å². The predicted octanol–water partition coefficient (Wildman–Crippen LogP) is 3.07. The Morgan fingerprint density at radius 1 is 1.09 bits per heavy atom. The normalized spacial score (nSPS) is 18.1. The number of nitrogens with two attached hydrogens (primary N) is 2. The highest BCUT2D eigenvalue weighted by Crippen LogP contribution is 2.27. The highest BCUT2D eigenvalue weighted by molar-refractivity contribution is 5.98. The third-order valence-corrected chi connectivity index (χ3v) is 5.59. The van der Waals surface area contributed by atoms with Crippen molar-refractivity contribution >= 4 is 23.4 Å². The van der Waals surface area contributed by atoms with Crippen LogP contribution in [-0.2, 0) is 0 Å². The Morgan fingerprint density at radius 2 is 1.94 bits per heavy atom. The van der Waals surface area contributed by atoms with E-state index in [0.29, 0.717) is 17.6 Å².